The molecule has 2 aromatic rings. The fourth-order valence-corrected chi connectivity index (χ4v) is 4.10. The van der Waals surface area contributed by atoms with Crippen LogP contribution in [0.2, 0.25) is 0 Å². The van der Waals surface area contributed by atoms with Gasteiger partial charge in [-0.2, -0.15) is 13.2 Å². The van der Waals surface area contributed by atoms with Crippen molar-refractivity contribution >= 4 is 21.4 Å². The van der Waals surface area contributed by atoms with Crippen molar-refractivity contribution in [3.05, 3.63) is 41.9 Å². The summed E-state index contributed by atoms with van der Waals surface area (Å²) >= 11 is 5.29. The van der Waals surface area contributed by atoms with Gasteiger partial charge in [0.25, 0.3) is 0 Å². The summed E-state index contributed by atoms with van der Waals surface area (Å²) in [7, 11) is -1.86. The molecule has 2 heterocycles. The minimum atomic E-state index is -4.51. The van der Waals surface area contributed by atoms with E-state index in [4.69, 9.17) is 11.6 Å². The first-order chi connectivity index (χ1) is 13.5. The molecule has 1 atom stereocenters. The fourth-order valence-electron chi connectivity index (χ4n) is 2.93. The van der Waals surface area contributed by atoms with Crippen LogP contribution in [0.15, 0.2) is 35.5 Å². The molecule has 0 saturated heterocycles. The second kappa shape index (κ2) is 8.10. The van der Waals surface area contributed by atoms with Gasteiger partial charge in [0, 0.05) is 31.6 Å². The van der Waals surface area contributed by atoms with Crippen LogP contribution in [0.5, 0.6) is 0 Å². The lowest BCUT2D eigenvalue weighted by Crippen LogP contribution is -2.20. The van der Waals surface area contributed by atoms with Gasteiger partial charge in [-0.15, -0.1) is 11.6 Å². The molecule has 0 bridgehead atoms. The molecule has 1 saturated carbocycles. The lowest BCUT2D eigenvalue weighted by molar-refractivity contribution is -0.121. The van der Waals surface area contributed by atoms with Gasteiger partial charge in [-0.05, 0) is 30.4 Å². The lowest BCUT2D eigenvalue weighted by atomic mass is 10.2. The van der Waals surface area contributed by atoms with Crippen LogP contribution >= 0.6 is 11.6 Å². The summed E-state index contributed by atoms with van der Waals surface area (Å²) in [6, 6.07) is 1.68. The minimum absolute atomic E-state index is 0.0651. The maximum atomic E-state index is 12.6. The highest BCUT2D eigenvalue weighted by atomic mass is 35.5. The Morgan fingerprint density at radius 1 is 1.31 bits per heavy atom. The molecule has 158 valence electrons. The predicted molar refractivity (Wildman–Crippen MR) is 105 cm³/mol. The number of nitrogens with zero attached hydrogens (tertiary/aromatic N) is 3. The third kappa shape index (κ3) is 4.83. The molecule has 0 spiro atoms. The molecule has 1 fully saturated rings. The van der Waals surface area contributed by atoms with E-state index in [-0.39, 0.29) is 22.8 Å². The van der Waals surface area contributed by atoms with E-state index < -0.39 is 21.4 Å². The van der Waals surface area contributed by atoms with Crippen molar-refractivity contribution in [3.63, 3.8) is 0 Å². The molecule has 0 amide bonds. The van der Waals surface area contributed by atoms with Gasteiger partial charge < -0.3 is 4.57 Å². The Labute approximate surface area is 172 Å². The van der Waals surface area contributed by atoms with Crippen LogP contribution < -0.4 is 0 Å². The highest BCUT2D eigenvalue weighted by Crippen LogP contribution is 2.41. The third-order valence-electron chi connectivity index (χ3n) is 4.88. The largest absolute Gasteiger partial charge is 0.408 e. The minimum Gasteiger partial charge on any atom is -0.330 e. The molecule has 1 unspecified atom stereocenters. The normalized spacial score (nSPS) is 16.5. The smallest absolute Gasteiger partial charge is 0.330 e. The average Bonchev–Trinajstić information content (AvgIpc) is 3.45. The molecular weight excluding hydrogens is 427 g/mol. The summed E-state index contributed by atoms with van der Waals surface area (Å²) in [5, 5.41) is -2.06. The molecule has 1 aliphatic carbocycles. The molecule has 3 rings (SSSR count). The zero-order chi connectivity index (χ0) is 21.4. The van der Waals surface area contributed by atoms with Crippen molar-refractivity contribution in [2.45, 2.75) is 48.6 Å². The van der Waals surface area contributed by atoms with Crippen LogP contribution in [0.4, 0.5) is 13.2 Å². The van der Waals surface area contributed by atoms with E-state index in [2.05, 4.69) is 9.97 Å². The second-order valence-corrected chi connectivity index (χ2v) is 9.72. The molecular formula is C19H21ClF3N3O2S. The molecule has 0 aliphatic heterocycles. The van der Waals surface area contributed by atoms with E-state index in [1.54, 1.807) is 30.8 Å². The molecule has 0 N–H and O–H groups in total. The Morgan fingerprint density at radius 2 is 2.00 bits per heavy atom. The maximum absolute atomic E-state index is 12.6. The van der Waals surface area contributed by atoms with Gasteiger partial charge in [-0.3, -0.25) is 4.98 Å². The molecule has 10 heteroatoms. The summed E-state index contributed by atoms with van der Waals surface area (Å²) < 4.78 is 64.4. The van der Waals surface area contributed by atoms with Crippen LogP contribution in [-0.4, -0.2) is 40.3 Å². The number of imidazole rings is 1. The van der Waals surface area contributed by atoms with Crippen LogP contribution in [0.25, 0.3) is 11.5 Å². The molecule has 5 nitrogen and oxygen atoms in total. The topological polar surface area (TPSA) is 64.8 Å². The zero-order valence-corrected chi connectivity index (χ0v) is 17.5. The van der Waals surface area contributed by atoms with Crippen LogP contribution in [0.1, 0.15) is 36.9 Å². The Kier molecular flexibility index (Phi) is 6.10. The van der Waals surface area contributed by atoms with Crippen molar-refractivity contribution in [1.29, 1.82) is 0 Å². The van der Waals surface area contributed by atoms with Gasteiger partial charge in [0.05, 0.1) is 10.6 Å². The van der Waals surface area contributed by atoms with E-state index in [0.29, 0.717) is 17.4 Å². The van der Waals surface area contributed by atoms with Gasteiger partial charge in [0.2, 0.25) is 0 Å². The van der Waals surface area contributed by atoms with Crippen molar-refractivity contribution in [2.24, 2.45) is 7.05 Å². The zero-order valence-electron chi connectivity index (χ0n) is 15.9. The molecule has 29 heavy (non-hydrogen) atoms. The quantitative estimate of drug-likeness (QED) is 0.465. The first kappa shape index (κ1) is 21.8. The molecule has 0 radical (unpaired) electrons. The first-order valence-electron chi connectivity index (χ1n) is 9.15. The average molecular weight is 448 g/mol. The predicted octanol–water partition coefficient (Wildman–Crippen LogP) is 4.42. The SMILES string of the molecule is CCS(=O)(=O)c1cc(C2CC2)cnc1-c1ncc(C/C=C\C(Cl)C(F)(F)F)n1C. The van der Waals surface area contributed by atoms with Gasteiger partial charge in [0.15, 0.2) is 15.7 Å². The Morgan fingerprint density at radius 3 is 2.59 bits per heavy atom. The Bertz CT molecular complexity index is 1030. The van der Waals surface area contributed by atoms with Crippen LogP contribution in [0, 0.1) is 0 Å². The number of hydrogen-bond donors (Lipinski definition) is 0. The van der Waals surface area contributed by atoms with E-state index in [1.807, 2.05) is 0 Å². The van der Waals surface area contributed by atoms with Gasteiger partial charge in [-0.25, -0.2) is 13.4 Å². The van der Waals surface area contributed by atoms with E-state index >= 15 is 0 Å². The Hall–Kier alpha value is -1.87. The number of allylic oxidation sites excluding steroid dienone is 2. The summed E-state index contributed by atoms with van der Waals surface area (Å²) in [5.41, 5.74) is 1.76. The molecule has 1 aliphatic rings. The number of pyridine rings is 1. The fraction of sp³-hybridized carbons (Fsp3) is 0.474. The molecule has 0 aromatic carbocycles. The number of rotatable bonds is 7. The van der Waals surface area contributed by atoms with Crippen molar-refractivity contribution < 1.29 is 21.6 Å². The monoisotopic (exact) mass is 447 g/mol. The second-order valence-electron chi connectivity index (χ2n) is 7.00. The first-order valence-corrected chi connectivity index (χ1v) is 11.2. The highest BCUT2D eigenvalue weighted by molar-refractivity contribution is 7.91. The lowest BCUT2D eigenvalue weighted by Gasteiger charge is -2.11. The van der Waals surface area contributed by atoms with E-state index in [0.717, 1.165) is 24.5 Å². The van der Waals surface area contributed by atoms with Gasteiger partial charge >= 0.3 is 6.18 Å². The number of hydrogen-bond acceptors (Lipinski definition) is 4. The number of halogens is 4. The summed E-state index contributed by atoms with van der Waals surface area (Å²) in [5.74, 6) is 0.632. The van der Waals surface area contributed by atoms with Crippen LogP contribution in [-0.2, 0) is 23.3 Å². The number of alkyl halides is 4. The van der Waals surface area contributed by atoms with Crippen LogP contribution in [0.3, 0.4) is 0 Å². The van der Waals surface area contributed by atoms with Crippen molar-refractivity contribution in [3.8, 4) is 11.5 Å². The summed E-state index contributed by atoms with van der Waals surface area (Å²) in [6.07, 6.45) is 3.07. The standard InChI is InChI=1S/C19H21ClF3N3O2S/c1-3-29(27,28)15-9-13(12-7-8-12)10-24-17(15)18-25-11-14(26(18)2)5-4-6-16(20)19(21,22)23/h4,6,9-12,16H,3,5,7-8H2,1-2H3/b6-4-. The third-order valence-corrected chi connectivity index (χ3v) is 7.01. The molecule has 2 aromatic heterocycles. The van der Waals surface area contributed by atoms with Gasteiger partial charge in [0.1, 0.15) is 11.1 Å². The van der Waals surface area contributed by atoms with Gasteiger partial charge in [-0.1, -0.05) is 19.1 Å². The van der Waals surface area contributed by atoms with Crippen molar-refractivity contribution in [2.75, 3.05) is 5.75 Å². The summed E-state index contributed by atoms with van der Waals surface area (Å²) in [6.45, 7) is 1.57. The maximum Gasteiger partial charge on any atom is 0.408 e. The Balaban J connectivity index is 1.93. The van der Waals surface area contributed by atoms with E-state index in [1.165, 1.54) is 12.3 Å². The number of aromatic nitrogens is 3. The number of sulfone groups is 1. The highest BCUT2D eigenvalue weighted by Gasteiger charge is 2.36. The van der Waals surface area contributed by atoms with E-state index in [9.17, 15) is 21.6 Å². The summed E-state index contributed by atoms with van der Waals surface area (Å²) in [4.78, 5) is 8.80. The van der Waals surface area contributed by atoms with Crippen molar-refractivity contribution in [1.82, 2.24) is 14.5 Å².